The van der Waals surface area contributed by atoms with E-state index in [4.69, 9.17) is 5.11 Å². The largest absolute Gasteiger partial charge is 0.396 e. The van der Waals surface area contributed by atoms with Crippen LogP contribution in [0.3, 0.4) is 0 Å². The fraction of sp³-hybridized carbons (Fsp3) is 0.389. The molecule has 4 heteroatoms. The van der Waals surface area contributed by atoms with Crippen molar-refractivity contribution >= 4 is 17.5 Å². The normalized spacial score (nSPS) is 11.0. The van der Waals surface area contributed by atoms with Gasteiger partial charge in [-0.3, -0.25) is 4.79 Å². The number of Topliss-reactive ketones (excluding diaryl/α,β-unsaturated/α-hetero) is 1. The van der Waals surface area contributed by atoms with Gasteiger partial charge in [0.15, 0.2) is 5.78 Å². The number of benzene rings is 1. The second-order valence-corrected chi connectivity index (χ2v) is 6.77. The Balaban J connectivity index is 2.36. The highest BCUT2D eigenvalue weighted by molar-refractivity contribution is 8.00. The van der Waals surface area contributed by atoms with Crippen molar-refractivity contribution in [1.29, 1.82) is 0 Å². The van der Waals surface area contributed by atoms with E-state index < -0.39 is 0 Å². The molecular weight excluding hydrogens is 294 g/mol. The van der Waals surface area contributed by atoms with E-state index >= 15 is 0 Å². The summed E-state index contributed by atoms with van der Waals surface area (Å²) < 4.78 is 2.14. The lowest BCUT2D eigenvalue weighted by Gasteiger charge is -2.12. The molecule has 1 aromatic carbocycles. The van der Waals surface area contributed by atoms with Gasteiger partial charge in [-0.2, -0.15) is 11.8 Å². The summed E-state index contributed by atoms with van der Waals surface area (Å²) in [6.07, 6.45) is 0. The van der Waals surface area contributed by atoms with Crippen LogP contribution in [0.1, 0.15) is 32.9 Å². The highest BCUT2D eigenvalue weighted by Gasteiger charge is 2.16. The monoisotopic (exact) mass is 317 g/mol. The molecule has 1 heterocycles. The molecule has 0 aliphatic heterocycles. The zero-order chi connectivity index (χ0) is 16.3. The fourth-order valence-corrected chi connectivity index (χ4v) is 3.44. The zero-order valence-corrected chi connectivity index (χ0v) is 14.5. The van der Waals surface area contributed by atoms with Crippen molar-refractivity contribution in [3.8, 4) is 5.69 Å². The quantitative estimate of drug-likeness (QED) is 0.653. The molecule has 2 rings (SSSR count). The van der Waals surface area contributed by atoms with Gasteiger partial charge < -0.3 is 9.67 Å². The maximum Gasteiger partial charge on any atom is 0.174 e. The molecule has 2 aromatic rings. The second kappa shape index (κ2) is 7.16. The van der Waals surface area contributed by atoms with Gasteiger partial charge >= 0.3 is 0 Å². The van der Waals surface area contributed by atoms with Crippen LogP contribution in [0, 0.1) is 27.7 Å². The maximum atomic E-state index is 12.4. The van der Waals surface area contributed by atoms with Crippen molar-refractivity contribution < 1.29 is 9.90 Å². The van der Waals surface area contributed by atoms with Gasteiger partial charge in [-0.05, 0) is 57.0 Å². The van der Waals surface area contributed by atoms with E-state index in [0.717, 1.165) is 22.6 Å². The third-order valence-corrected chi connectivity index (χ3v) is 4.60. The van der Waals surface area contributed by atoms with Gasteiger partial charge in [0.25, 0.3) is 0 Å². The molecule has 1 aromatic heterocycles. The van der Waals surface area contributed by atoms with Crippen LogP contribution in [0.15, 0.2) is 24.3 Å². The summed E-state index contributed by atoms with van der Waals surface area (Å²) in [7, 11) is 0. The first kappa shape index (κ1) is 16.8. The Bertz CT molecular complexity index is 668. The van der Waals surface area contributed by atoms with Gasteiger partial charge in [-0.15, -0.1) is 0 Å². The Morgan fingerprint density at radius 3 is 2.32 bits per heavy atom. The average Bonchev–Trinajstić information content (AvgIpc) is 2.73. The van der Waals surface area contributed by atoms with E-state index in [1.165, 1.54) is 22.9 Å². The van der Waals surface area contributed by atoms with E-state index in [1.807, 2.05) is 19.9 Å². The highest BCUT2D eigenvalue weighted by atomic mass is 32.2. The molecule has 22 heavy (non-hydrogen) atoms. The van der Waals surface area contributed by atoms with Crippen LogP contribution in [0.5, 0.6) is 0 Å². The highest BCUT2D eigenvalue weighted by Crippen LogP contribution is 2.23. The van der Waals surface area contributed by atoms with Gasteiger partial charge in [0, 0.05) is 28.4 Å². The number of rotatable bonds is 6. The number of aliphatic hydroxyl groups excluding tert-OH is 1. The molecule has 1 N–H and O–H groups in total. The Morgan fingerprint density at radius 1 is 1.09 bits per heavy atom. The molecule has 0 saturated carbocycles. The van der Waals surface area contributed by atoms with Gasteiger partial charge in [-0.25, -0.2) is 0 Å². The van der Waals surface area contributed by atoms with Gasteiger partial charge in [-0.1, -0.05) is 6.07 Å². The molecule has 3 nitrogen and oxygen atoms in total. The molecule has 0 unspecified atom stereocenters. The third-order valence-electron chi connectivity index (χ3n) is 3.66. The molecule has 0 fully saturated rings. The van der Waals surface area contributed by atoms with Crippen LogP contribution in [-0.2, 0) is 0 Å². The van der Waals surface area contributed by atoms with Crippen LogP contribution >= 0.6 is 11.8 Å². The predicted octanol–water partition coefficient (Wildman–Crippen LogP) is 3.62. The predicted molar refractivity (Wildman–Crippen MR) is 93.5 cm³/mol. The van der Waals surface area contributed by atoms with E-state index in [2.05, 4.69) is 36.6 Å². The number of hydrogen-bond acceptors (Lipinski definition) is 3. The summed E-state index contributed by atoms with van der Waals surface area (Å²) in [4.78, 5) is 12.4. The summed E-state index contributed by atoms with van der Waals surface area (Å²) in [6.45, 7) is 8.31. The van der Waals surface area contributed by atoms with E-state index in [9.17, 15) is 4.79 Å². The van der Waals surface area contributed by atoms with Gasteiger partial charge in [0.2, 0.25) is 0 Å². The number of hydrogen-bond donors (Lipinski definition) is 1. The fourth-order valence-electron chi connectivity index (χ4n) is 2.83. The van der Waals surface area contributed by atoms with E-state index in [1.54, 1.807) is 0 Å². The van der Waals surface area contributed by atoms with Crippen molar-refractivity contribution in [3.05, 3.63) is 52.3 Å². The molecule has 0 spiro atoms. The molecule has 0 radical (unpaired) electrons. The number of aromatic nitrogens is 1. The van der Waals surface area contributed by atoms with Crippen LogP contribution in [0.4, 0.5) is 0 Å². The number of aryl methyl sites for hydroxylation is 3. The summed E-state index contributed by atoms with van der Waals surface area (Å²) in [6, 6.07) is 8.40. The zero-order valence-electron chi connectivity index (χ0n) is 13.6. The molecule has 0 amide bonds. The Kier molecular flexibility index (Phi) is 5.48. The van der Waals surface area contributed by atoms with Gasteiger partial charge in [0.1, 0.15) is 0 Å². The molecule has 118 valence electrons. The molecule has 0 atom stereocenters. The lowest BCUT2D eigenvalue weighted by molar-refractivity contribution is 0.102. The van der Waals surface area contributed by atoms with Crippen LogP contribution in [0.25, 0.3) is 5.69 Å². The van der Waals surface area contributed by atoms with Crippen molar-refractivity contribution in [3.63, 3.8) is 0 Å². The Labute approximate surface area is 136 Å². The van der Waals surface area contributed by atoms with Crippen LogP contribution in [-0.4, -0.2) is 33.6 Å². The number of nitrogens with zero attached hydrogens (tertiary/aromatic N) is 1. The molecule has 0 aliphatic rings. The van der Waals surface area contributed by atoms with Crippen LogP contribution < -0.4 is 0 Å². The number of thioether (sulfide) groups is 1. The summed E-state index contributed by atoms with van der Waals surface area (Å²) in [5.74, 6) is 1.14. The number of ketones is 1. The van der Waals surface area contributed by atoms with E-state index in [-0.39, 0.29) is 12.4 Å². The second-order valence-electron chi connectivity index (χ2n) is 5.67. The minimum absolute atomic E-state index is 0.111. The number of carbonyl (C=O) groups is 1. The molecule has 0 saturated heterocycles. The average molecular weight is 317 g/mol. The Hall–Kier alpha value is -1.52. The summed E-state index contributed by atoms with van der Waals surface area (Å²) >= 11 is 1.47. The standard InChI is InChI=1S/C18H23NO2S/c1-12-7-13(2)9-16(8-12)19-14(3)10-17(15(19)4)18(21)11-22-6-5-20/h7-10,20H,5-6,11H2,1-4H3. The SMILES string of the molecule is Cc1cc(C)cc(-n2c(C)cc(C(=O)CSCCO)c2C)c1. The van der Waals surface area contributed by atoms with Crippen molar-refractivity contribution in [1.82, 2.24) is 4.57 Å². The third kappa shape index (κ3) is 3.62. The summed E-state index contributed by atoms with van der Waals surface area (Å²) in [5.41, 5.74) is 6.37. The minimum Gasteiger partial charge on any atom is -0.396 e. The van der Waals surface area contributed by atoms with Crippen LogP contribution in [0.2, 0.25) is 0 Å². The first-order valence-corrected chi connectivity index (χ1v) is 8.59. The maximum absolute atomic E-state index is 12.4. The van der Waals surface area contributed by atoms with E-state index in [0.29, 0.717) is 11.5 Å². The molecular formula is C18H23NO2S. The first-order chi connectivity index (χ1) is 10.4. The molecule has 0 bridgehead atoms. The Morgan fingerprint density at radius 2 is 1.73 bits per heavy atom. The topological polar surface area (TPSA) is 42.2 Å². The molecule has 0 aliphatic carbocycles. The lowest BCUT2D eigenvalue weighted by Crippen LogP contribution is -2.06. The smallest absolute Gasteiger partial charge is 0.174 e. The van der Waals surface area contributed by atoms with Crippen molar-refractivity contribution in [2.45, 2.75) is 27.7 Å². The lowest BCUT2D eigenvalue weighted by atomic mass is 10.1. The van der Waals surface area contributed by atoms with Crippen molar-refractivity contribution in [2.24, 2.45) is 0 Å². The van der Waals surface area contributed by atoms with Crippen molar-refractivity contribution in [2.75, 3.05) is 18.1 Å². The van der Waals surface area contributed by atoms with Gasteiger partial charge in [0.05, 0.1) is 12.4 Å². The number of aliphatic hydroxyl groups is 1. The number of carbonyl (C=O) groups excluding carboxylic acids is 1. The first-order valence-electron chi connectivity index (χ1n) is 7.43. The minimum atomic E-state index is 0.111. The summed E-state index contributed by atoms with van der Waals surface area (Å²) in [5, 5.41) is 8.82.